The highest BCUT2D eigenvalue weighted by atomic mass is 16.3. The molecule has 0 aliphatic carbocycles. The zero-order chi connectivity index (χ0) is 18.1. The Morgan fingerprint density at radius 2 is 1.88 bits per heavy atom. The molecule has 0 atom stereocenters. The number of para-hydroxylation sites is 2. The van der Waals surface area contributed by atoms with Crippen molar-refractivity contribution >= 4 is 28.7 Å². The highest BCUT2D eigenvalue weighted by Crippen LogP contribution is 2.22. The van der Waals surface area contributed by atoms with Gasteiger partial charge in [-0.1, -0.05) is 23.8 Å². The summed E-state index contributed by atoms with van der Waals surface area (Å²) in [5.41, 5.74) is 3.14. The number of benzene rings is 2. The maximum atomic E-state index is 12.5. The van der Waals surface area contributed by atoms with Gasteiger partial charge in [0, 0.05) is 12.4 Å². The minimum atomic E-state index is -0.332. The number of hydrogen-bond acceptors (Lipinski definition) is 6. The first-order valence-electron chi connectivity index (χ1n) is 7.98. The average Bonchev–Trinajstić information content (AvgIpc) is 3.06. The van der Waals surface area contributed by atoms with Crippen LogP contribution in [0.4, 0.5) is 11.9 Å². The molecule has 0 saturated carbocycles. The van der Waals surface area contributed by atoms with Crippen molar-refractivity contribution in [3.05, 3.63) is 71.5 Å². The van der Waals surface area contributed by atoms with Crippen molar-refractivity contribution in [2.45, 2.75) is 6.92 Å². The lowest BCUT2D eigenvalue weighted by Gasteiger charge is -2.06. The number of hydrogen-bond donors (Lipinski definition) is 3. The number of phenolic OH excluding ortho intramolecular Hbond substituents is 1. The fourth-order valence-electron chi connectivity index (χ4n) is 2.61. The van der Waals surface area contributed by atoms with Crippen LogP contribution < -0.4 is 5.32 Å². The number of carbonyl (C=O) groups excluding carboxylic acids is 1. The van der Waals surface area contributed by atoms with Crippen LogP contribution in [0.1, 0.15) is 21.5 Å². The van der Waals surface area contributed by atoms with E-state index in [1.165, 1.54) is 18.5 Å². The van der Waals surface area contributed by atoms with Crippen LogP contribution in [0.15, 0.2) is 54.9 Å². The van der Waals surface area contributed by atoms with E-state index in [9.17, 15) is 9.90 Å². The zero-order valence-corrected chi connectivity index (χ0v) is 13.9. The van der Waals surface area contributed by atoms with E-state index in [4.69, 9.17) is 0 Å². The third-order valence-electron chi connectivity index (χ3n) is 3.93. The van der Waals surface area contributed by atoms with Gasteiger partial charge in [-0.25, -0.2) is 15.0 Å². The van der Waals surface area contributed by atoms with Crippen LogP contribution in [-0.4, -0.2) is 30.8 Å². The molecule has 2 aromatic carbocycles. The molecule has 0 unspecified atom stereocenters. The van der Waals surface area contributed by atoms with E-state index in [1.54, 1.807) is 12.1 Å². The second-order valence-electron chi connectivity index (χ2n) is 5.87. The predicted octanol–water partition coefficient (Wildman–Crippen LogP) is 3.34. The van der Waals surface area contributed by atoms with E-state index < -0.39 is 0 Å². The molecule has 0 fully saturated rings. The molecule has 4 aromatic rings. The summed E-state index contributed by atoms with van der Waals surface area (Å²) in [5, 5.41) is 12.9. The minimum absolute atomic E-state index is 0.0647. The number of aromatic amines is 1. The second-order valence-corrected chi connectivity index (χ2v) is 5.87. The molecule has 0 saturated heterocycles. The molecule has 7 heteroatoms. The van der Waals surface area contributed by atoms with Crippen molar-refractivity contribution in [3.8, 4) is 5.75 Å². The average molecular weight is 345 g/mol. The van der Waals surface area contributed by atoms with Gasteiger partial charge in [0.2, 0.25) is 11.9 Å². The van der Waals surface area contributed by atoms with Crippen LogP contribution >= 0.6 is 0 Å². The Morgan fingerprint density at radius 1 is 1.12 bits per heavy atom. The number of H-pyrrole nitrogens is 1. The Kier molecular flexibility index (Phi) is 3.81. The minimum Gasteiger partial charge on any atom is -0.507 e. The maximum Gasteiger partial charge on any atom is 0.229 e. The van der Waals surface area contributed by atoms with E-state index in [-0.39, 0.29) is 17.1 Å². The van der Waals surface area contributed by atoms with Gasteiger partial charge in [-0.2, -0.15) is 0 Å². The Morgan fingerprint density at radius 3 is 2.65 bits per heavy atom. The van der Waals surface area contributed by atoms with E-state index >= 15 is 0 Å². The molecule has 26 heavy (non-hydrogen) atoms. The van der Waals surface area contributed by atoms with Gasteiger partial charge in [-0.3, -0.25) is 10.1 Å². The summed E-state index contributed by atoms with van der Waals surface area (Å²) in [6, 6.07) is 12.5. The summed E-state index contributed by atoms with van der Waals surface area (Å²) in [6.07, 6.45) is 2.84. The molecule has 0 bridgehead atoms. The molecule has 128 valence electrons. The number of nitrogens with zero attached hydrogens (tertiary/aromatic N) is 3. The monoisotopic (exact) mass is 345 g/mol. The van der Waals surface area contributed by atoms with E-state index in [1.807, 2.05) is 31.2 Å². The largest absolute Gasteiger partial charge is 0.507 e. The zero-order valence-electron chi connectivity index (χ0n) is 13.9. The molecule has 0 aliphatic rings. The number of phenols is 1. The standard InChI is InChI=1S/C19H15N5O2/c1-11-6-7-16(25)13(8-11)17(26)12-9-20-18(21-10-12)24-19-22-14-4-2-3-5-15(14)23-19/h2-10,25H,1H3,(H2,20,21,22,23,24). The van der Waals surface area contributed by atoms with Gasteiger partial charge in [-0.05, 0) is 31.2 Å². The fraction of sp³-hybridized carbons (Fsp3) is 0.0526. The number of aromatic hydroxyl groups is 1. The molecule has 0 radical (unpaired) electrons. The Balaban J connectivity index is 1.56. The lowest BCUT2D eigenvalue weighted by molar-refractivity contribution is 0.103. The molecule has 0 aliphatic heterocycles. The summed E-state index contributed by atoms with van der Waals surface area (Å²) in [4.78, 5) is 28.4. The third-order valence-corrected chi connectivity index (χ3v) is 3.93. The second kappa shape index (κ2) is 6.29. The summed E-state index contributed by atoms with van der Waals surface area (Å²) in [5.74, 6) is 0.433. The van der Waals surface area contributed by atoms with Gasteiger partial charge >= 0.3 is 0 Å². The van der Waals surface area contributed by atoms with E-state index in [0.717, 1.165) is 16.6 Å². The first kappa shape index (κ1) is 15.8. The number of nitrogens with one attached hydrogen (secondary N) is 2. The molecular weight excluding hydrogens is 330 g/mol. The van der Waals surface area contributed by atoms with Crippen LogP contribution in [0.5, 0.6) is 5.75 Å². The van der Waals surface area contributed by atoms with Crippen molar-refractivity contribution < 1.29 is 9.90 Å². The van der Waals surface area contributed by atoms with Crippen LogP contribution in [-0.2, 0) is 0 Å². The SMILES string of the molecule is Cc1ccc(O)c(C(=O)c2cnc(Nc3nc4ccccc4[nH]3)nc2)c1. The van der Waals surface area contributed by atoms with Crippen LogP contribution in [0.3, 0.4) is 0 Å². The Hall–Kier alpha value is -3.74. The van der Waals surface area contributed by atoms with Crippen molar-refractivity contribution in [2.75, 3.05) is 5.32 Å². The third kappa shape index (κ3) is 2.98. The summed E-state index contributed by atoms with van der Waals surface area (Å²) in [6.45, 7) is 1.85. The van der Waals surface area contributed by atoms with Gasteiger partial charge in [0.1, 0.15) is 5.75 Å². The molecule has 2 aromatic heterocycles. The van der Waals surface area contributed by atoms with Crippen molar-refractivity contribution in [1.82, 2.24) is 19.9 Å². The molecular formula is C19H15N5O2. The number of ketones is 1. The molecule has 0 spiro atoms. The molecule has 4 rings (SSSR count). The van der Waals surface area contributed by atoms with E-state index in [2.05, 4.69) is 25.3 Å². The first-order valence-corrected chi connectivity index (χ1v) is 7.98. The van der Waals surface area contributed by atoms with Crippen molar-refractivity contribution in [3.63, 3.8) is 0 Å². The normalized spacial score (nSPS) is 10.8. The number of fused-ring (bicyclic) bond motifs is 1. The Bertz CT molecular complexity index is 1070. The van der Waals surface area contributed by atoms with Crippen molar-refractivity contribution in [1.29, 1.82) is 0 Å². The van der Waals surface area contributed by atoms with Crippen LogP contribution in [0.25, 0.3) is 11.0 Å². The maximum absolute atomic E-state index is 12.5. The van der Waals surface area contributed by atoms with Gasteiger partial charge in [0.15, 0.2) is 5.78 Å². The van der Waals surface area contributed by atoms with Gasteiger partial charge < -0.3 is 10.1 Å². The lowest BCUT2D eigenvalue weighted by atomic mass is 10.0. The van der Waals surface area contributed by atoms with Gasteiger partial charge in [-0.15, -0.1) is 0 Å². The van der Waals surface area contributed by atoms with Gasteiger partial charge in [0.05, 0.1) is 22.2 Å². The summed E-state index contributed by atoms with van der Waals surface area (Å²) in [7, 11) is 0. The molecule has 7 nitrogen and oxygen atoms in total. The quantitative estimate of drug-likeness (QED) is 0.490. The number of anilines is 2. The van der Waals surface area contributed by atoms with Gasteiger partial charge in [0.25, 0.3) is 0 Å². The van der Waals surface area contributed by atoms with Crippen molar-refractivity contribution in [2.24, 2.45) is 0 Å². The number of aryl methyl sites for hydroxylation is 1. The van der Waals surface area contributed by atoms with Crippen LogP contribution in [0, 0.1) is 6.92 Å². The Labute approximate surface area is 148 Å². The first-order chi connectivity index (χ1) is 12.6. The number of imidazole rings is 1. The smallest absolute Gasteiger partial charge is 0.229 e. The number of rotatable bonds is 4. The molecule has 0 amide bonds. The summed E-state index contributed by atoms with van der Waals surface area (Å²) < 4.78 is 0. The topological polar surface area (TPSA) is 104 Å². The lowest BCUT2D eigenvalue weighted by Crippen LogP contribution is -2.05. The highest BCUT2D eigenvalue weighted by Gasteiger charge is 2.15. The number of carbonyl (C=O) groups is 1. The molecule has 2 heterocycles. The van der Waals surface area contributed by atoms with Crippen LogP contribution in [0.2, 0.25) is 0 Å². The number of aromatic nitrogens is 4. The summed E-state index contributed by atoms with van der Waals surface area (Å²) >= 11 is 0. The predicted molar refractivity (Wildman–Crippen MR) is 97.7 cm³/mol. The van der Waals surface area contributed by atoms with E-state index in [0.29, 0.717) is 17.5 Å². The highest BCUT2D eigenvalue weighted by molar-refractivity contribution is 6.10. The fourth-order valence-corrected chi connectivity index (χ4v) is 2.61. The molecule has 3 N–H and O–H groups in total.